The Bertz CT molecular complexity index is 1010. The summed E-state index contributed by atoms with van der Waals surface area (Å²) < 4.78 is 19.6. The third kappa shape index (κ3) is 4.42. The minimum atomic E-state index is -0.329. The Balaban J connectivity index is 1.68. The number of likely N-dealkylation sites (N-methyl/N-ethyl adjacent to an activating group) is 1. The van der Waals surface area contributed by atoms with Crippen molar-refractivity contribution in [2.24, 2.45) is 0 Å². The summed E-state index contributed by atoms with van der Waals surface area (Å²) in [6.07, 6.45) is 0. The van der Waals surface area contributed by atoms with Gasteiger partial charge >= 0.3 is 0 Å². The zero-order valence-electron chi connectivity index (χ0n) is 15.6. The zero-order valence-corrected chi connectivity index (χ0v) is 17.2. The zero-order chi connectivity index (χ0) is 20.3. The molecular weight excluding hydrogens is 427 g/mol. The molecule has 1 aromatic heterocycles. The van der Waals surface area contributed by atoms with E-state index in [1.54, 1.807) is 25.1 Å². The molecule has 0 atom stereocenters. The summed E-state index contributed by atoms with van der Waals surface area (Å²) in [5.41, 5.74) is 2.15. The number of hydrogen-bond donors (Lipinski definition) is 1. The smallest absolute Gasteiger partial charge is 0.290 e. The number of furan rings is 1. The second-order valence-corrected chi connectivity index (χ2v) is 7.33. The van der Waals surface area contributed by atoms with E-state index in [0.717, 1.165) is 21.0 Å². The first-order valence-electron chi connectivity index (χ1n) is 8.88. The molecule has 28 heavy (non-hydrogen) atoms. The van der Waals surface area contributed by atoms with Crippen LogP contribution in [0.2, 0.25) is 0 Å². The highest BCUT2D eigenvalue weighted by Crippen LogP contribution is 2.28. The fraction of sp³-hybridized carbons (Fsp3) is 0.238. The van der Waals surface area contributed by atoms with Gasteiger partial charge in [0.15, 0.2) is 5.76 Å². The summed E-state index contributed by atoms with van der Waals surface area (Å²) >= 11 is 3.42. The maximum absolute atomic E-state index is 12.9. The molecule has 146 valence electrons. The van der Waals surface area contributed by atoms with Crippen LogP contribution in [0.1, 0.15) is 28.6 Å². The van der Waals surface area contributed by atoms with Crippen molar-refractivity contribution in [1.29, 1.82) is 0 Å². The molecule has 0 spiro atoms. The molecule has 0 saturated carbocycles. The number of fused-ring (bicyclic) bond motifs is 1. The molecule has 0 aliphatic rings. The van der Waals surface area contributed by atoms with E-state index in [0.29, 0.717) is 12.1 Å². The van der Waals surface area contributed by atoms with Crippen LogP contribution in [-0.4, -0.2) is 29.8 Å². The van der Waals surface area contributed by atoms with Gasteiger partial charge in [-0.25, -0.2) is 4.39 Å². The number of nitrogens with zero attached hydrogens (tertiary/aromatic N) is 1. The monoisotopic (exact) mass is 446 g/mol. The normalized spacial score (nSPS) is 10.9. The lowest BCUT2D eigenvalue weighted by Gasteiger charge is -2.19. The molecule has 0 radical (unpaired) electrons. The first kappa shape index (κ1) is 20.1. The number of carbonyl (C=O) groups is 2. The quantitative estimate of drug-likeness (QED) is 0.609. The topological polar surface area (TPSA) is 62.6 Å². The summed E-state index contributed by atoms with van der Waals surface area (Å²) in [4.78, 5) is 26.6. The van der Waals surface area contributed by atoms with Crippen LogP contribution in [-0.2, 0) is 11.3 Å². The first-order chi connectivity index (χ1) is 13.4. The average Bonchev–Trinajstić information content (AvgIpc) is 3.01. The summed E-state index contributed by atoms with van der Waals surface area (Å²) in [7, 11) is 0. The molecule has 5 nitrogen and oxygen atoms in total. The van der Waals surface area contributed by atoms with Crippen molar-refractivity contribution in [3.8, 4) is 0 Å². The van der Waals surface area contributed by atoms with Gasteiger partial charge in [-0.2, -0.15) is 0 Å². The van der Waals surface area contributed by atoms with Crippen molar-refractivity contribution in [3.63, 3.8) is 0 Å². The Labute approximate surface area is 170 Å². The number of aryl methyl sites for hydroxylation is 1. The lowest BCUT2D eigenvalue weighted by Crippen LogP contribution is -2.40. The Morgan fingerprint density at radius 1 is 1.18 bits per heavy atom. The summed E-state index contributed by atoms with van der Waals surface area (Å²) in [5, 5.41) is 3.60. The highest BCUT2D eigenvalue weighted by Gasteiger charge is 2.24. The number of halogens is 2. The van der Waals surface area contributed by atoms with E-state index in [1.807, 2.05) is 19.1 Å². The Hall–Kier alpha value is -2.67. The van der Waals surface area contributed by atoms with E-state index in [9.17, 15) is 14.0 Å². The second kappa shape index (κ2) is 8.56. The van der Waals surface area contributed by atoms with Gasteiger partial charge in [-0.05, 0) is 49.7 Å². The first-order valence-corrected chi connectivity index (χ1v) is 9.67. The number of rotatable bonds is 6. The average molecular weight is 447 g/mol. The Morgan fingerprint density at radius 3 is 2.57 bits per heavy atom. The standard InChI is InChI=1S/C21H20BrFN2O3/c1-3-25(12-19(26)24-11-14-4-7-16(23)8-5-14)21(27)20-13(2)17-10-15(22)6-9-18(17)28-20/h4-10H,3,11-12H2,1-2H3,(H,24,26). The Kier molecular flexibility index (Phi) is 6.14. The maximum Gasteiger partial charge on any atom is 0.290 e. The van der Waals surface area contributed by atoms with Gasteiger partial charge in [0.25, 0.3) is 5.91 Å². The van der Waals surface area contributed by atoms with Gasteiger partial charge in [-0.3, -0.25) is 9.59 Å². The van der Waals surface area contributed by atoms with E-state index in [-0.39, 0.29) is 36.5 Å². The molecule has 1 N–H and O–H groups in total. The van der Waals surface area contributed by atoms with Gasteiger partial charge in [0.05, 0.1) is 6.54 Å². The molecule has 3 aromatic rings. The molecular formula is C21H20BrFN2O3. The van der Waals surface area contributed by atoms with Crippen molar-refractivity contribution in [1.82, 2.24) is 10.2 Å². The lowest BCUT2D eigenvalue weighted by molar-refractivity contribution is -0.121. The molecule has 0 unspecified atom stereocenters. The third-order valence-corrected chi connectivity index (χ3v) is 4.99. The predicted molar refractivity (Wildman–Crippen MR) is 108 cm³/mol. The van der Waals surface area contributed by atoms with Crippen LogP contribution in [0.3, 0.4) is 0 Å². The Morgan fingerprint density at radius 2 is 1.89 bits per heavy atom. The molecule has 2 amide bonds. The number of benzene rings is 2. The molecule has 0 bridgehead atoms. The molecule has 0 saturated heterocycles. The summed E-state index contributed by atoms with van der Waals surface area (Å²) in [5.74, 6) is -0.715. The highest BCUT2D eigenvalue weighted by molar-refractivity contribution is 9.10. The minimum Gasteiger partial charge on any atom is -0.451 e. The van der Waals surface area contributed by atoms with Gasteiger partial charge in [-0.15, -0.1) is 0 Å². The van der Waals surface area contributed by atoms with Crippen molar-refractivity contribution in [3.05, 3.63) is 69.6 Å². The summed E-state index contributed by atoms with van der Waals surface area (Å²) in [6.45, 7) is 4.18. The largest absolute Gasteiger partial charge is 0.451 e. The fourth-order valence-corrected chi connectivity index (χ4v) is 3.26. The van der Waals surface area contributed by atoms with Gasteiger partial charge < -0.3 is 14.6 Å². The molecule has 1 heterocycles. The van der Waals surface area contributed by atoms with Crippen molar-refractivity contribution < 1.29 is 18.4 Å². The van der Waals surface area contributed by atoms with Crippen LogP contribution in [0.5, 0.6) is 0 Å². The molecule has 3 rings (SSSR count). The van der Waals surface area contributed by atoms with Crippen LogP contribution < -0.4 is 5.32 Å². The fourth-order valence-electron chi connectivity index (χ4n) is 2.90. The van der Waals surface area contributed by atoms with Gasteiger partial charge in [-0.1, -0.05) is 28.1 Å². The molecule has 0 aliphatic heterocycles. The van der Waals surface area contributed by atoms with Gasteiger partial charge in [0.2, 0.25) is 5.91 Å². The van der Waals surface area contributed by atoms with Crippen LogP contribution >= 0.6 is 15.9 Å². The SMILES string of the molecule is CCN(CC(=O)NCc1ccc(F)cc1)C(=O)c1oc2ccc(Br)cc2c1C. The number of amides is 2. The van der Waals surface area contributed by atoms with Crippen LogP contribution in [0.15, 0.2) is 51.4 Å². The number of carbonyl (C=O) groups excluding carboxylic acids is 2. The van der Waals surface area contributed by atoms with Crippen LogP contribution in [0, 0.1) is 12.7 Å². The van der Waals surface area contributed by atoms with E-state index < -0.39 is 0 Å². The number of hydrogen-bond acceptors (Lipinski definition) is 3. The molecule has 7 heteroatoms. The van der Waals surface area contributed by atoms with Crippen molar-refractivity contribution >= 4 is 38.7 Å². The lowest BCUT2D eigenvalue weighted by atomic mass is 10.1. The van der Waals surface area contributed by atoms with E-state index >= 15 is 0 Å². The highest BCUT2D eigenvalue weighted by atomic mass is 79.9. The van der Waals surface area contributed by atoms with Crippen LogP contribution in [0.25, 0.3) is 11.0 Å². The molecule has 2 aromatic carbocycles. The maximum atomic E-state index is 12.9. The minimum absolute atomic E-state index is 0.0866. The van der Waals surface area contributed by atoms with E-state index in [4.69, 9.17) is 4.42 Å². The summed E-state index contributed by atoms with van der Waals surface area (Å²) in [6, 6.07) is 11.4. The van der Waals surface area contributed by atoms with E-state index in [1.165, 1.54) is 17.0 Å². The van der Waals surface area contributed by atoms with E-state index in [2.05, 4.69) is 21.2 Å². The van der Waals surface area contributed by atoms with Crippen molar-refractivity contribution in [2.45, 2.75) is 20.4 Å². The van der Waals surface area contributed by atoms with Gasteiger partial charge in [0.1, 0.15) is 11.4 Å². The molecule has 0 aliphatic carbocycles. The molecule has 0 fully saturated rings. The van der Waals surface area contributed by atoms with Crippen molar-refractivity contribution in [2.75, 3.05) is 13.1 Å². The number of nitrogens with one attached hydrogen (secondary N) is 1. The van der Waals surface area contributed by atoms with Crippen LogP contribution in [0.4, 0.5) is 4.39 Å². The predicted octanol–water partition coefficient (Wildman–Crippen LogP) is 4.42. The third-order valence-electron chi connectivity index (χ3n) is 4.50. The second-order valence-electron chi connectivity index (χ2n) is 6.42. The van der Waals surface area contributed by atoms with Gasteiger partial charge in [0, 0.05) is 28.5 Å².